The fraction of sp³-hybridized carbons (Fsp3) is 0.828. The Labute approximate surface area is 223 Å². The lowest BCUT2D eigenvalue weighted by Gasteiger charge is -2.58. The smallest absolute Gasteiger partial charge is 0.367 e. The van der Waals surface area contributed by atoms with Gasteiger partial charge in [-0.15, -0.1) is 6.42 Å². The minimum Gasteiger partial charge on any atom is -0.367 e. The highest BCUT2D eigenvalue weighted by molar-refractivity contribution is 7.80. The third-order valence-corrected chi connectivity index (χ3v) is 11.2. The van der Waals surface area contributed by atoms with Gasteiger partial charge in [0, 0.05) is 13.0 Å². The summed E-state index contributed by atoms with van der Waals surface area (Å²) >= 11 is 0. The molecule has 0 aromatic heterocycles. The lowest BCUT2D eigenvalue weighted by Crippen LogP contribution is -2.51. The van der Waals surface area contributed by atoms with Crippen LogP contribution in [0.5, 0.6) is 0 Å². The highest BCUT2D eigenvalue weighted by Gasteiger charge is 2.59. The average molecular weight is 536 g/mol. The molecule has 0 bridgehead atoms. The number of carbonyl (C=O) groups is 1. The molecular formula is C29H45NO6S. The maximum absolute atomic E-state index is 12.3. The van der Waals surface area contributed by atoms with Crippen LogP contribution in [-0.2, 0) is 24.1 Å². The molecule has 37 heavy (non-hydrogen) atoms. The zero-order valence-electron chi connectivity index (χ0n) is 22.7. The Morgan fingerprint density at radius 3 is 2.76 bits per heavy atom. The van der Waals surface area contributed by atoms with Crippen LogP contribution in [0, 0.1) is 52.8 Å². The Hall–Kier alpha value is -1.40. The molecule has 8 atom stereocenters. The second kappa shape index (κ2) is 11.4. The summed E-state index contributed by atoms with van der Waals surface area (Å²) in [6.45, 7) is 8.45. The monoisotopic (exact) mass is 535 g/mol. The number of hydrogen-bond donors (Lipinski definition) is 2. The molecule has 3 saturated carbocycles. The minimum absolute atomic E-state index is 0.0889. The van der Waals surface area contributed by atoms with Crippen LogP contribution in [0.25, 0.3) is 0 Å². The third kappa shape index (κ3) is 6.11. The summed E-state index contributed by atoms with van der Waals surface area (Å²) in [5.41, 5.74) is 1.73. The summed E-state index contributed by atoms with van der Waals surface area (Å²) in [4.78, 5) is 12.3. The van der Waals surface area contributed by atoms with Crippen molar-refractivity contribution in [1.29, 1.82) is 0 Å². The number of amides is 1. The van der Waals surface area contributed by atoms with Gasteiger partial charge in [-0.3, -0.25) is 9.35 Å². The SMILES string of the molecule is C#CCOCCNC(=O)CC[C@@H](C)[C@H]1CC[C@H]2C3CC=C4C[C@@H](OS(=O)(=O)O)CC[C@]4(C)[C@H]3CC[C@]12C. The molecule has 3 fully saturated rings. The Bertz CT molecular complexity index is 1020. The van der Waals surface area contributed by atoms with E-state index in [1.807, 2.05) is 0 Å². The molecule has 4 aliphatic carbocycles. The molecule has 7 nitrogen and oxygen atoms in total. The summed E-state index contributed by atoms with van der Waals surface area (Å²) in [5.74, 6) is 5.64. The van der Waals surface area contributed by atoms with E-state index >= 15 is 0 Å². The van der Waals surface area contributed by atoms with E-state index in [4.69, 9.17) is 19.9 Å². The maximum Gasteiger partial charge on any atom is 0.397 e. The largest absolute Gasteiger partial charge is 0.397 e. The molecule has 0 heterocycles. The molecular weight excluding hydrogens is 490 g/mol. The summed E-state index contributed by atoms with van der Waals surface area (Å²) in [6.07, 6.45) is 16.7. The first kappa shape index (κ1) is 28.6. The average Bonchev–Trinajstić information content (AvgIpc) is 3.19. The molecule has 4 aliphatic rings. The fourth-order valence-corrected chi connectivity index (χ4v) is 9.41. The highest BCUT2D eigenvalue weighted by atomic mass is 32.3. The van der Waals surface area contributed by atoms with E-state index in [0.29, 0.717) is 67.4 Å². The number of carbonyl (C=O) groups excluding carboxylic acids is 1. The van der Waals surface area contributed by atoms with Crippen LogP contribution in [0.4, 0.5) is 0 Å². The van der Waals surface area contributed by atoms with Crippen molar-refractivity contribution in [2.45, 2.75) is 91.1 Å². The second-order valence-electron chi connectivity index (χ2n) is 12.5. The number of nitrogens with one attached hydrogen (secondary N) is 1. The molecule has 8 heteroatoms. The van der Waals surface area contributed by atoms with Crippen LogP contribution in [0.2, 0.25) is 0 Å². The molecule has 0 saturated heterocycles. The Balaban J connectivity index is 1.35. The van der Waals surface area contributed by atoms with E-state index in [-0.39, 0.29) is 17.9 Å². The van der Waals surface area contributed by atoms with E-state index in [2.05, 4.69) is 38.1 Å². The van der Waals surface area contributed by atoms with E-state index in [1.165, 1.54) is 31.3 Å². The van der Waals surface area contributed by atoms with Gasteiger partial charge in [-0.2, -0.15) is 8.42 Å². The van der Waals surface area contributed by atoms with Crippen LogP contribution >= 0.6 is 0 Å². The topological polar surface area (TPSA) is 102 Å². The first-order chi connectivity index (χ1) is 17.5. The van der Waals surface area contributed by atoms with Crippen LogP contribution in [0.1, 0.15) is 85.0 Å². The normalized spacial score (nSPS) is 37.9. The number of fused-ring (bicyclic) bond motifs is 5. The van der Waals surface area contributed by atoms with E-state index < -0.39 is 16.5 Å². The quantitative estimate of drug-likeness (QED) is 0.178. The Morgan fingerprint density at radius 1 is 1.24 bits per heavy atom. The van der Waals surface area contributed by atoms with Crippen LogP contribution in [0.15, 0.2) is 11.6 Å². The predicted molar refractivity (Wildman–Crippen MR) is 143 cm³/mol. The number of hydrogen-bond acceptors (Lipinski definition) is 5. The van der Waals surface area contributed by atoms with Gasteiger partial charge in [0.05, 0.1) is 12.7 Å². The summed E-state index contributed by atoms with van der Waals surface area (Å²) in [7, 11) is -4.42. The van der Waals surface area contributed by atoms with Crippen LogP contribution in [0.3, 0.4) is 0 Å². The van der Waals surface area contributed by atoms with Crippen molar-refractivity contribution in [2.75, 3.05) is 19.8 Å². The van der Waals surface area contributed by atoms with Crippen molar-refractivity contribution in [3.63, 3.8) is 0 Å². The van der Waals surface area contributed by atoms with Crippen molar-refractivity contribution in [3.8, 4) is 12.3 Å². The zero-order chi connectivity index (χ0) is 26.8. The van der Waals surface area contributed by atoms with Crippen molar-refractivity contribution < 1.29 is 26.7 Å². The summed E-state index contributed by atoms with van der Waals surface area (Å²) in [5, 5.41) is 2.94. The molecule has 208 valence electrons. The number of rotatable bonds is 10. The van der Waals surface area contributed by atoms with Gasteiger partial charge in [0.25, 0.3) is 0 Å². The third-order valence-electron chi connectivity index (χ3n) is 10.7. The molecule has 1 amide bonds. The Kier molecular flexibility index (Phi) is 8.79. The van der Waals surface area contributed by atoms with Gasteiger partial charge in [-0.25, -0.2) is 4.18 Å². The van der Waals surface area contributed by atoms with Gasteiger partial charge in [0.15, 0.2) is 0 Å². The molecule has 0 aromatic carbocycles. The molecule has 0 aromatic rings. The van der Waals surface area contributed by atoms with Crippen LogP contribution < -0.4 is 5.32 Å². The molecule has 2 N–H and O–H groups in total. The molecule has 0 radical (unpaired) electrons. The lowest BCUT2D eigenvalue weighted by atomic mass is 9.47. The predicted octanol–water partition coefficient (Wildman–Crippen LogP) is 4.94. The lowest BCUT2D eigenvalue weighted by molar-refractivity contribution is -0.121. The number of ether oxygens (including phenoxy) is 1. The van der Waals surface area contributed by atoms with Crippen molar-refractivity contribution in [1.82, 2.24) is 5.32 Å². The molecule has 1 unspecified atom stereocenters. The molecule has 0 spiro atoms. The molecule has 0 aliphatic heterocycles. The van der Waals surface area contributed by atoms with Gasteiger partial charge in [0.2, 0.25) is 5.91 Å². The molecule has 4 rings (SSSR count). The highest BCUT2D eigenvalue weighted by Crippen LogP contribution is 2.67. The zero-order valence-corrected chi connectivity index (χ0v) is 23.5. The van der Waals surface area contributed by atoms with E-state index in [9.17, 15) is 13.2 Å². The first-order valence-corrected chi connectivity index (χ1v) is 15.5. The van der Waals surface area contributed by atoms with Crippen LogP contribution in [-0.4, -0.2) is 44.7 Å². The second-order valence-corrected chi connectivity index (χ2v) is 13.5. The maximum atomic E-state index is 12.3. The van der Waals surface area contributed by atoms with E-state index in [1.54, 1.807) is 0 Å². The van der Waals surface area contributed by atoms with Gasteiger partial charge < -0.3 is 10.1 Å². The van der Waals surface area contributed by atoms with Gasteiger partial charge >= 0.3 is 10.4 Å². The standard InChI is InChI=1S/C29H45NO6S/c1-5-17-35-18-16-30-27(31)11-6-20(2)24-9-10-25-23-8-7-21-19-22(36-37(32,33)34)12-14-28(21,3)26(23)13-15-29(24,25)4/h1,7,20,22-26H,6,8-19H2,2-4H3,(H,30,31)(H,32,33,34)/t20-,22+,23?,24-,25+,26+,28+,29-/m1/s1. The fourth-order valence-electron chi connectivity index (χ4n) is 8.90. The number of allylic oxidation sites excluding steroid dienone is 1. The van der Waals surface area contributed by atoms with Gasteiger partial charge in [-0.05, 0) is 98.2 Å². The van der Waals surface area contributed by atoms with Crippen molar-refractivity contribution >= 4 is 16.3 Å². The summed E-state index contributed by atoms with van der Waals surface area (Å²) < 4.78 is 41.9. The van der Waals surface area contributed by atoms with Gasteiger partial charge in [-0.1, -0.05) is 38.3 Å². The van der Waals surface area contributed by atoms with Crippen molar-refractivity contribution in [2.24, 2.45) is 40.4 Å². The minimum atomic E-state index is -4.42. The van der Waals surface area contributed by atoms with Crippen molar-refractivity contribution in [3.05, 3.63) is 11.6 Å². The van der Waals surface area contributed by atoms with E-state index in [0.717, 1.165) is 19.3 Å². The number of terminal acetylenes is 1. The van der Waals surface area contributed by atoms with Gasteiger partial charge in [0.1, 0.15) is 6.61 Å². The summed E-state index contributed by atoms with van der Waals surface area (Å²) in [6, 6.07) is 0. The first-order valence-electron chi connectivity index (χ1n) is 14.1. The Morgan fingerprint density at radius 2 is 2.03 bits per heavy atom.